The molecule has 0 aliphatic carbocycles. The average Bonchev–Trinajstić information content (AvgIpc) is 3.27. The van der Waals surface area contributed by atoms with Crippen LogP contribution in [0.2, 0.25) is 0 Å². The summed E-state index contributed by atoms with van der Waals surface area (Å²) >= 11 is 0. The van der Waals surface area contributed by atoms with Gasteiger partial charge >= 0.3 is 0 Å². The van der Waals surface area contributed by atoms with Gasteiger partial charge in [-0.25, -0.2) is 13.8 Å². The number of H-pyrrole nitrogens is 1. The molecule has 4 rings (SSSR count). The van der Waals surface area contributed by atoms with Crippen molar-refractivity contribution in [2.75, 3.05) is 6.54 Å². The molecule has 0 saturated heterocycles. The minimum atomic E-state index is -2.67. The smallest absolute Gasteiger partial charge is 0.282 e. The Morgan fingerprint density at radius 3 is 2.93 bits per heavy atom. The summed E-state index contributed by atoms with van der Waals surface area (Å²) in [5.41, 5.74) is 2.68. The van der Waals surface area contributed by atoms with Crippen LogP contribution in [0.25, 0.3) is 0 Å². The number of halogens is 2. The minimum Gasteiger partial charge on any atom is -0.508 e. The molecule has 0 fully saturated rings. The van der Waals surface area contributed by atoms with Crippen LogP contribution >= 0.6 is 0 Å². The third-order valence-electron chi connectivity index (χ3n) is 4.97. The number of carbonyl (C=O) groups is 1. The molecule has 2 aromatic heterocycles. The van der Waals surface area contributed by atoms with Gasteiger partial charge in [-0.3, -0.25) is 9.48 Å². The number of hydrogen-bond acceptors (Lipinski definition) is 4. The van der Waals surface area contributed by atoms with Gasteiger partial charge in [-0.15, -0.1) is 0 Å². The third-order valence-corrected chi connectivity index (χ3v) is 4.97. The van der Waals surface area contributed by atoms with Crippen molar-refractivity contribution in [3.63, 3.8) is 0 Å². The minimum absolute atomic E-state index is 0.116. The van der Waals surface area contributed by atoms with Crippen molar-refractivity contribution in [3.05, 3.63) is 65.0 Å². The van der Waals surface area contributed by atoms with Gasteiger partial charge in [-0.2, -0.15) is 5.10 Å². The predicted octanol–water partition coefficient (Wildman–Crippen LogP) is 2.73. The van der Waals surface area contributed by atoms with Gasteiger partial charge in [0.25, 0.3) is 6.43 Å². The number of phenols is 1. The van der Waals surface area contributed by atoms with Gasteiger partial charge in [0.2, 0.25) is 5.91 Å². The topological polar surface area (TPSA) is 87.0 Å². The lowest BCUT2D eigenvalue weighted by Gasteiger charge is -2.32. The molecule has 0 bridgehead atoms. The molecule has 0 saturated carbocycles. The summed E-state index contributed by atoms with van der Waals surface area (Å²) in [5, 5.41) is 13.6. The van der Waals surface area contributed by atoms with Crippen molar-refractivity contribution >= 4 is 5.91 Å². The molecular weight excluding hydrogens is 368 g/mol. The fraction of sp³-hybridized carbons (Fsp3) is 0.316. The fourth-order valence-corrected chi connectivity index (χ4v) is 3.55. The van der Waals surface area contributed by atoms with E-state index in [1.807, 2.05) is 6.07 Å². The number of aromatic hydroxyl groups is 1. The molecule has 0 spiro atoms. The summed E-state index contributed by atoms with van der Waals surface area (Å²) in [7, 11) is 0. The van der Waals surface area contributed by atoms with E-state index in [0.29, 0.717) is 18.8 Å². The Balaban J connectivity index is 1.58. The Labute approximate surface area is 159 Å². The van der Waals surface area contributed by atoms with E-state index in [0.717, 1.165) is 17.0 Å². The SMILES string of the molecule is Cc1cc(C(F)F)nn1CC(=O)N1Cc2[nH]cnc2C(c2cccc(O)c2)C1. The van der Waals surface area contributed by atoms with Crippen LogP contribution in [0.15, 0.2) is 36.7 Å². The number of carbonyl (C=O) groups excluding carboxylic acids is 1. The molecule has 7 nitrogen and oxygen atoms in total. The second kappa shape index (κ2) is 7.06. The number of benzene rings is 1. The van der Waals surface area contributed by atoms with Gasteiger partial charge in [0.1, 0.15) is 18.0 Å². The van der Waals surface area contributed by atoms with Crippen molar-refractivity contribution in [2.24, 2.45) is 0 Å². The lowest BCUT2D eigenvalue weighted by molar-refractivity contribution is -0.133. The number of nitrogens with zero attached hydrogens (tertiary/aromatic N) is 4. The number of aromatic amines is 1. The Kier molecular flexibility index (Phi) is 4.58. The van der Waals surface area contributed by atoms with Crippen molar-refractivity contribution in [1.29, 1.82) is 0 Å². The highest BCUT2D eigenvalue weighted by atomic mass is 19.3. The Bertz CT molecular complexity index is 1010. The molecule has 28 heavy (non-hydrogen) atoms. The molecule has 0 radical (unpaired) electrons. The standard InChI is InChI=1S/C19H19F2N5O2/c1-11-5-15(19(20)21)24-26(11)9-17(28)25-7-14(12-3-2-4-13(27)6-12)18-16(8-25)22-10-23-18/h2-6,10,14,19,27H,7-9H2,1H3,(H,22,23). The maximum Gasteiger partial charge on any atom is 0.282 e. The van der Waals surface area contributed by atoms with E-state index in [2.05, 4.69) is 15.1 Å². The third kappa shape index (κ3) is 3.35. The quantitative estimate of drug-likeness (QED) is 0.721. The summed E-state index contributed by atoms with van der Waals surface area (Å²) < 4.78 is 27.0. The first kappa shape index (κ1) is 18.1. The van der Waals surface area contributed by atoms with Crippen LogP contribution in [-0.4, -0.2) is 42.2 Å². The molecular formula is C19H19F2N5O2. The number of imidazole rings is 1. The predicted molar refractivity (Wildman–Crippen MR) is 95.9 cm³/mol. The van der Waals surface area contributed by atoms with E-state index >= 15 is 0 Å². The summed E-state index contributed by atoms with van der Waals surface area (Å²) in [4.78, 5) is 22.0. The first-order valence-corrected chi connectivity index (χ1v) is 8.83. The zero-order valence-electron chi connectivity index (χ0n) is 15.1. The zero-order valence-corrected chi connectivity index (χ0v) is 15.1. The van der Waals surface area contributed by atoms with Gasteiger partial charge in [0, 0.05) is 18.2 Å². The highest BCUT2D eigenvalue weighted by molar-refractivity contribution is 5.76. The highest BCUT2D eigenvalue weighted by Gasteiger charge is 2.31. The molecule has 146 valence electrons. The molecule has 3 aromatic rings. The number of aryl methyl sites for hydroxylation is 1. The molecule has 1 atom stereocenters. The van der Waals surface area contributed by atoms with Crippen molar-refractivity contribution in [1.82, 2.24) is 24.6 Å². The molecule has 1 aromatic carbocycles. The first-order valence-electron chi connectivity index (χ1n) is 8.83. The summed E-state index contributed by atoms with van der Waals surface area (Å²) in [6.45, 7) is 2.26. The van der Waals surface area contributed by atoms with E-state index in [1.165, 1.54) is 10.7 Å². The number of aromatic nitrogens is 4. The zero-order chi connectivity index (χ0) is 19.8. The molecule has 1 unspecified atom stereocenters. The number of alkyl halides is 2. The van der Waals surface area contributed by atoms with Crippen LogP contribution in [0.5, 0.6) is 5.75 Å². The van der Waals surface area contributed by atoms with Crippen molar-refractivity contribution in [3.8, 4) is 5.75 Å². The molecule has 9 heteroatoms. The van der Waals surface area contributed by atoms with E-state index in [9.17, 15) is 18.7 Å². The molecule has 2 N–H and O–H groups in total. The van der Waals surface area contributed by atoms with Crippen LogP contribution in [0.3, 0.4) is 0 Å². The largest absolute Gasteiger partial charge is 0.508 e. The van der Waals surface area contributed by atoms with Gasteiger partial charge in [0.15, 0.2) is 0 Å². The van der Waals surface area contributed by atoms with Crippen molar-refractivity contribution in [2.45, 2.75) is 32.4 Å². The number of hydrogen-bond donors (Lipinski definition) is 2. The maximum atomic E-state index is 12.9. The number of amides is 1. The lowest BCUT2D eigenvalue weighted by Crippen LogP contribution is -2.40. The van der Waals surface area contributed by atoms with Crippen LogP contribution in [0.4, 0.5) is 8.78 Å². The maximum absolute atomic E-state index is 12.9. The molecule has 1 amide bonds. The van der Waals surface area contributed by atoms with Gasteiger partial charge < -0.3 is 15.0 Å². The van der Waals surface area contributed by atoms with E-state index in [-0.39, 0.29) is 29.8 Å². The highest BCUT2D eigenvalue weighted by Crippen LogP contribution is 2.33. The molecule has 1 aliphatic rings. The van der Waals surface area contributed by atoms with Crippen LogP contribution in [0.1, 0.15) is 40.7 Å². The average molecular weight is 387 g/mol. The Morgan fingerprint density at radius 1 is 1.39 bits per heavy atom. The van der Waals surface area contributed by atoms with Gasteiger partial charge in [0.05, 0.1) is 24.3 Å². The van der Waals surface area contributed by atoms with Crippen LogP contribution in [0, 0.1) is 6.92 Å². The number of fused-ring (bicyclic) bond motifs is 1. The Morgan fingerprint density at radius 2 is 2.21 bits per heavy atom. The normalized spacial score (nSPS) is 16.4. The molecule has 1 aliphatic heterocycles. The number of nitrogens with one attached hydrogen (secondary N) is 1. The number of phenolic OH excluding ortho intramolecular Hbond substituents is 1. The first-order chi connectivity index (χ1) is 13.4. The lowest BCUT2D eigenvalue weighted by atomic mass is 9.90. The van der Waals surface area contributed by atoms with Crippen molar-refractivity contribution < 1.29 is 18.7 Å². The molecule has 3 heterocycles. The summed E-state index contributed by atoms with van der Waals surface area (Å²) in [6.07, 6.45) is -1.09. The Hall–Kier alpha value is -3.23. The van der Waals surface area contributed by atoms with E-state index in [1.54, 1.807) is 36.4 Å². The van der Waals surface area contributed by atoms with E-state index in [4.69, 9.17) is 0 Å². The summed E-state index contributed by atoms with van der Waals surface area (Å²) in [6, 6.07) is 8.16. The van der Waals surface area contributed by atoms with Crippen LogP contribution in [-0.2, 0) is 17.9 Å². The number of rotatable bonds is 4. The van der Waals surface area contributed by atoms with Crippen LogP contribution < -0.4 is 0 Å². The van der Waals surface area contributed by atoms with Gasteiger partial charge in [-0.05, 0) is 30.7 Å². The summed E-state index contributed by atoms with van der Waals surface area (Å²) in [5.74, 6) is -0.274. The fourth-order valence-electron chi connectivity index (χ4n) is 3.55. The second-order valence-electron chi connectivity index (χ2n) is 6.86. The second-order valence-corrected chi connectivity index (χ2v) is 6.86. The monoisotopic (exact) mass is 387 g/mol. The van der Waals surface area contributed by atoms with E-state index < -0.39 is 6.43 Å². The van der Waals surface area contributed by atoms with Gasteiger partial charge in [-0.1, -0.05) is 12.1 Å².